The number of nitrogen functional groups attached to an aromatic ring is 1. The standard InChI is InChI=1S/C13H20N4OS/c1-2-19-11-5-3-4-10(11)17-13-9(12(15)18)6-8(14)7-16-13/h6-7,10-11H,2-5,14H2,1H3,(H2,15,18)(H,16,17). The zero-order valence-corrected chi connectivity index (χ0v) is 11.9. The molecule has 2 atom stereocenters. The molecule has 0 radical (unpaired) electrons. The predicted molar refractivity (Wildman–Crippen MR) is 80.3 cm³/mol. The number of pyridine rings is 1. The van der Waals surface area contributed by atoms with E-state index in [1.54, 1.807) is 12.3 Å². The molecule has 0 aliphatic heterocycles. The van der Waals surface area contributed by atoms with Crippen molar-refractivity contribution in [3.05, 3.63) is 17.8 Å². The fourth-order valence-electron chi connectivity index (χ4n) is 2.46. The van der Waals surface area contributed by atoms with Crippen LogP contribution in [0.3, 0.4) is 0 Å². The number of aromatic nitrogens is 1. The van der Waals surface area contributed by atoms with Crippen molar-refractivity contribution < 1.29 is 4.79 Å². The molecule has 19 heavy (non-hydrogen) atoms. The number of hydrogen-bond donors (Lipinski definition) is 3. The van der Waals surface area contributed by atoms with Crippen molar-refractivity contribution in [3.63, 3.8) is 0 Å². The molecular formula is C13H20N4OS. The molecule has 2 unspecified atom stereocenters. The van der Waals surface area contributed by atoms with Crippen molar-refractivity contribution in [3.8, 4) is 0 Å². The fourth-order valence-corrected chi connectivity index (χ4v) is 3.66. The number of nitrogens with zero attached hydrogens (tertiary/aromatic N) is 1. The predicted octanol–water partition coefficient (Wildman–Crippen LogP) is 1.85. The van der Waals surface area contributed by atoms with E-state index < -0.39 is 5.91 Å². The van der Waals surface area contributed by atoms with Gasteiger partial charge in [-0.1, -0.05) is 13.3 Å². The summed E-state index contributed by atoms with van der Waals surface area (Å²) in [5.41, 5.74) is 11.8. The van der Waals surface area contributed by atoms with Gasteiger partial charge in [0, 0.05) is 11.3 Å². The molecule has 0 saturated heterocycles. The van der Waals surface area contributed by atoms with Crippen LogP contribution in [0.4, 0.5) is 11.5 Å². The highest BCUT2D eigenvalue weighted by Gasteiger charge is 2.28. The summed E-state index contributed by atoms with van der Waals surface area (Å²) in [7, 11) is 0. The van der Waals surface area contributed by atoms with Gasteiger partial charge in [-0.15, -0.1) is 0 Å². The first kappa shape index (κ1) is 14.0. The van der Waals surface area contributed by atoms with Gasteiger partial charge in [0.1, 0.15) is 5.82 Å². The summed E-state index contributed by atoms with van der Waals surface area (Å²) in [5, 5.41) is 3.94. The lowest BCUT2D eigenvalue weighted by Crippen LogP contribution is -2.28. The van der Waals surface area contributed by atoms with Crippen LogP contribution in [0.25, 0.3) is 0 Å². The number of thioether (sulfide) groups is 1. The van der Waals surface area contributed by atoms with Gasteiger partial charge in [-0.2, -0.15) is 11.8 Å². The molecule has 1 aliphatic rings. The maximum Gasteiger partial charge on any atom is 0.252 e. The first-order valence-corrected chi connectivity index (χ1v) is 7.60. The van der Waals surface area contributed by atoms with Crippen LogP contribution in [0.5, 0.6) is 0 Å². The van der Waals surface area contributed by atoms with Gasteiger partial charge in [-0.05, 0) is 24.7 Å². The number of anilines is 2. The second-order valence-electron chi connectivity index (χ2n) is 4.70. The third kappa shape index (κ3) is 3.32. The lowest BCUT2D eigenvalue weighted by Gasteiger charge is -2.21. The van der Waals surface area contributed by atoms with Crippen molar-refractivity contribution in [1.29, 1.82) is 0 Å². The molecule has 0 spiro atoms. The minimum Gasteiger partial charge on any atom is -0.397 e. The van der Waals surface area contributed by atoms with Crippen molar-refractivity contribution >= 4 is 29.2 Å². The van der Waals surface area contributed by atoms with Crippen molar-refractivity contribution in [2.75, 3.05) is 16.8 Å². The molecule has 0 aromatic carbocycles. The Balaban J connectivity index is 2.16. The maximum atomic E-state index is 11.4. The van der Waals surface area contributed by atoms with Gasteiger partial charge in [0.05, 0.1) is 17.4 Å². The number of carbonyl (C=O) groups excluding carboxylic acids is 1. The Morgan fingerprint density at radius 3 is 3.05 bits per heavy atom. The molecule has 0 bridgehead atoms. The van der Waals surface area contributed by atoms with E-state index in [-0.39, 0.29) is 0 Å². The van der Waals surface area contributed by atoms with Gasteiger partial charge in [0.15, 0.2) is 0 Å². The van der Waals surface area contributed by atoms with Crippen LogP contribution >= 0.6 is 11.8 Å². The Labute approximate surface area is 117 Å². The Kier molecular flexibility index (Phi) is 4.52. The summed E-state index contributed by atoms with van der Waals surface area (Å²) >= 11 is 1.95. The van der Waals surface area contributed by atoms with Crippen LogP contribution in [0.15, 0.2) is 12.3 Å². The fraction of sp³-hybridized carbons (Fsp3) is 0.538. The summed E-state index contributed by atoms with van der Waals surface area (Å²) < 4.78 is 0. The van der Waals surface area contributed by atoms with E-state index in [0.717, 1.165) is 12.2 Å². The molecule has 5 N–H and O–H groups in total. The second kappa shape index (κ2) is 6.14. The first-order chi connectivity index (χ1) is 9.11. The molecule has 5 nitrogen and oxygen atoms in total. The minimum absolute atomic E-state index is 0.346. The van der Waals surface area contributed by atoms with Gasteiger partial charge in [-0.3, -0.25) is 4.79 Å². The van der Waals surface area contributed by atoms with Gasteiger partial charge in [-0.25, -0.2) is 4.98 Å². The van der Waals surface area contributed by atoms with Crippen molar-refractivity contribution in [2.45, 2.75) is 37.5 Å². The average Bonchev–Trinajstić information content (AvgIpc) is 2.79. The molecule has 1 fully saturated rings. The van der Waals surface area contributed by atoms with Crippen molar-refractivity contribution in [2.24, 2.45) is 5.73 Å². The Morgan fingerprint density at radius 2 is 2.37 bits per heavy atom. The third-order valence-corrected chi connectivity index (χ3v) is 4.66. The number of nitrogens with one attached hydrogen (secondary N) is 1. The average molecular weight is 280 g/mol. The van der Waals surface area contributed by atoms with E-state index in [0.29, 0.717) is 28.4 Å². The quantitative estimate of drug-likeness (QED) is 0.765. The molecule has 104 valence electrons. The smallest absolute Gasteiger partial charge is 0.252 e. The van der Waals surface area contributed by atoms with Crippen LogP contribution in [0.2, 0.25) is 0 Å². The molecule has 6 heteroatoms. The maximum absolute atomic E-state index is 11.4. The van der Waals surface area contributed by atoms with Gasteiger partial charge >= 0.3 is 0 Å². The van der Waals surface area contributed by atoms with Crippen LogP contribution in [-0.2, 0) is 0 Å². The van der Waals surface area contributed by atoms with E-state index in [9.17, 15) is 4.79 Å². The number of amides is 1. The number of rotatable bonds is 5. The lowest BCUT2D eigenvalue weighted by atomic mass is 10.2. The molecule has 1 heterocycles. The van der Waals surface area contributed by atoms with Crippen molar-refractivity contribution in [1.82, 2.24) is 4.98 Å². The number of carbonyl (C=O) groups is 1. The Bertz CT molecular complexity index is 466. The van der Waals surface area contributed by atoms with E-state index in [4.69, 9.17) is 11.5 Å². The molecule has 1 aliphatic carbocycles. The SMILES string of the molecule is CCSC1CCCC1Nc1ncc(N)cc1C(N)=O. The largest absolute Gasteiger partial charge is 0.397 e. The summed E-state index contributed by atoms with van der Waals surface area (Å²) in [4.78, 5) is 15.6. The van der Waals surface area contributed by atoms with Gasteiger partial charge < -0.3 is 16.8 Å². The second-order valence-corrected chi connectivity index (χ2v) is 6.22. The monoisotopic (exact) mass is 280 g/mol. The highest BCUT2D eigenvalue weighted by molar-refractivity contribution is 7.99. The number of primary amides is 1. The Hall–Kier alpha value is -1.43. The molecule has 1 saturated carbocycles. The van der Waals surface area contributed by atoms with E-state index >= 15 is 0 Å². The summed E-state index contributed by atoms with van der Waals surface area (Å²) in [5.74, 6) is 1.15. The molecule has 1 amide bonds. The highest BCUT2D eigenvalue weighted by atomic mass is 32.2. The Morgan fingerprint density at radius 1 is 1.58 bits per heavy atom. The zero-order valence-electron chi connectivity index (χ0n) is 11.1. The summed E-state index contributed by atoms with van der Waals surface area (Å²) in [6, 6.07) is 1.92. The van der Waals surface area contributed by atoms with Crippen LogP contribution in [0.1, 0.15) is 36.5 Å². The topological polar surface area (TPSA) is 94.0 Å². The summed E-state index contributed by atoms with van der Waals surface area (Å²) in [6.45, 7) is 2.16. The van der Waals surface area contributed by atoms with Crippen LogP contribution in [-0.4, -0.2) is 27.9 Å². The van der Waals surface area contributed by atoms with Gasteiger partial charge in [0.2, 0.25) is 0 Å². The number of nitrogens with two attached hydrogens (primary N) is 2. The third-order valence-electron chi connectivity index (χ3n) is 3.33. The molecule has 1 aromatic heterocycles. The normalized spacial score (nSPS) is 22.4. The van der Waals surface area contributed by atoms with E-state index in [1.807, 2.05) is 11.8 Å². The lowest BCUT2D eigenvalue weighted by molar-refractivity contribution is 0.100. The first-order valence-electron chi connectivity index (χ1n) is 6.55. The number of hydrogen-bond acceptors (Lipinski definition) is 5. The van der Waals surface area contributed by atoms with Crippen LogP contribution in [0, 0.1) is 0 Å². The molecule has 2 rings (SSSR count). The molecular weight excluding hydrogens is 260 g/mol. The molecule has 1 aromatic rings. The zero-order chi connectivity index (χ0) is 13.8. The summed E-state index contributed by atoms with van der Waals surface area (Å²) in [6.07, 6.45) is 5.06. The minimum atomic E-state index is -0.500. The van der Waals surface area contributed by atoms with E-state index in [2.05, 4.69) is 17.2 Å². The van der Waals surface area contributed by atoms with Gasteiger partial charge in [0.25, 0.3) is 5.91 Å². The van der Waals surface area contributed by atoms with E-state index in [1.165, 1.54) is 12.8 Å². The van der Waals surface area contributed by atoms with Crippen LogP contribution < -0.4 is 16.8 Å². The highest BCUT2D eigenvalue weighted by Crippen LogP contribution is 2.32.